The van der Waals surface area contributed by atoms with Crippen LogP contribution in [0.5, 0.6) is 0 Å². The van der Waals surface area contributed by atoms with E-state index in [0.29, 0.717) is 0 Å². The van der Waals surface area contributed by atoms with Gasteiger partial charge in [0.25, 0.3) is 0 Å². The second-order valence-electron chi connectivity index (χ2n) is 4.29. The Morgan fingerprint density at radius 2 is 1.42 bits per heavy atom. The van der Waals surface area contributed by atoms with E-state index < -0.39 is 42.6 Å². The lowest BCUT2D eigenvalue weighted by Gasteiger charge is -2.43. The zero-order valence-electron chi connectivity index (χ0n) is 11.7. The van der Waals surface area contributed by atoms with Crippen molar-refractivity contribution in [3.8, 4) is 0 Å². The summed E-state index contributed by atoms with van der Waals surface area (Å²) in [5.41, 5.74) is 0. The highest BCUT2D eigenvalue weighted by atomic mass is 16.7. The van der Waals surface area contributed by atoms with Crippen LogP contribution in [0, 0.1) is 0 Å². The Hall–Kier alpha value is -1.18. The van der Waals surface area contributed by atoms with E-state index >= 15 is 0 Å². The zero-order chi connectivity index (χ0) is 14.6. The second-order valence-corrected chi connectivity index (χ2v) is 4.29. The predicted octanol–water partition coefficient (Wildman–Crippen LogP) is 0.256. The molecule has 0 bridgehead atoms. The number of carbonyl (C=O) groups excluding carboxylic acids is 2. The lowest BCUT2D eigenvalue weighted by atomic mass is 9.99. The highest BCUT2D eigenvalue weighted by Gasteiger charge is 2.48. The molecule has 5 atom stereocenters. The Balaban J connectivity index is 2.94. The minimum absolute atomic E-state index is 0.439. The van der Waals surface area contributed by atoms with E-state index in [0.717, 1.165) is 0 Å². The average Bonchev–Trinajstić information content (AvgIpc) is 2.32. The van der Waals surface area contributed by atoms with Gasteiger partial charge in [0.15, 0.2) is 18.5 Å². The summed E-state index contributed by atoms with van der Waals surface area (Å²) in [6.45, 7) is 4.30. The Morgan fingerprint density at radius 1 is 0.895 bits per heavy atom. The van der Waals surface area contributed by atoms with E-state index in [-0.39, 0.29) is 0 Å². The van der Waals surface area contributed by atoms with Gasteiger partial charge in [0.1, 0.15) is 6.10 Å². The molecule has 1 heterocycles. The quantitative estimate of drug-likeness (QED) is 0.681. The Labute approximate surface area is 112 Å². The van der Waals surface area contributed by atoms with E-state index in [1.165, 1.54) is 28.1 Å². The lowest BCUT2D eigenvalue weighted by molar-refractivity contribution is -0.296. The lowest BCUT2D eigenvalue weighted by Crippen LogP contribution is -2.60. The number of esters is 2. The first kappa shape index (κ1) is 15.9. The molecular weight excluding hydrogens is 256 g/mol. The molecule has 0 aromatic heterocycles. The van der Waals surface area contributed by atoms with Gasteiger partial charge in [-0.05, 0) is 6.92 Å². The minimum Gasteiger partial charge on any atom is -0.457 e. The molecule has 0 aromatic rings. The van der Waals surface area contributed by atoms with Crippen molar-refractivity contribution in [3.63, 3.8) is 0 Å². The molecule has 1 saturated heterocycles. The molecule has 0 aromatic carbocycles. The van der Waals surface area contributed by atoms with Crippen LogP contribution in [0.4, 0.5) is 0 Å². The molecule has 7 nitrogen and oxygen atoms in total. The van der Waals surface area contributed by atoms with Gasteiger partial charge >= 0.3 is 11.9 Å². The van der Waals surface area contributed by atoms with E-state index in [1.54, 1.807) is 6.92 Å². The Kier molecular flexibility index (Phi) is 5.71. The third-order valence-electron chi connectivity index (χ3n) is 2.84. The molecule has 1 rings (SSSR count). The smallest absolute Gasteiger partial charge is 0.303 e. The molecule has 1 aliphatic heterocycles. The topological polar surface area (TPSA) is 80.3 Å². The van der Waals surface area contributed by atoms with E-state index in [2.05, 4.69) is 0 Å². The first-order chi connectivity index (χ1) is 8.90. The predicted molar refractivity (Wildman–Crippen MR) is 63.2 cm³/mol. The van der Waals surface area contributed by atoms with Gasteiger partial charge in [-0.25, -0.2) is 0 Å². The van der Waals surface area contributed by atoms with Gasteiger partial charge in [0.05, 0.1) is 6.10 Å². The third kappa shape index (κ3) is 3.89. The molecule has 1 aliphatic rings. The van der Waals surface area contributed by atoms with Crippen molar-refractivity contribution in [3.05, 3.63) is 0 Å². The molecule has 0 amide bonds. The summed E-state index contributed by atoms with van der Waals surface area (Å²) in [5.74, 6) is -0.950. The first-order valence-electron chi connectivity index (χ1n) is 5.96. The standard InChI is InChI=1S/C12H20O7/c1-6-9(18-7(2)13)10(15-4)11(19-8(3)14)12(16-5)17-6/h6,9-12H,1-5H3/t6-,9-,10+,11+,12+/m0/s1. The summed E-state index contributed by atoms with van der Waals surface area (Å²) in [6, 6.07) is 0. The van der Waals surface area contributed by atoms with Gasteiger partial charge in [0.2, 0.25) is 0 Å². The molecular formula is C12H20O7. The molecule has 0 spiro atoms. The fourth-order valence-electron chi connectivity index (χ4n) is 2.10. The molecule has 0 radical (unpaired) electrons. The maximum Gasteiger partial charge on any atom is 0.303 e. The summed E-state index contributed by atoms with van der Waals surface area (Å²) in [4.78, 5) is 22.3. The summed E-state index contributed by atoms with van der Waals surface area (Å²) < 4.78 is 26.3. The first-order valence-corrected chi connectivity index (χ1v) is 5.96. The largest absolute Gasteiger partial charge is 0.457 e. The van der Waals surface area contributed by atoms with E-state index in [1.807, 2.05) is 0 Å². The van der Waals surface area contributed by atoms with Crippen molar-refractivity contribution in [1.29, 1.82) is 0 Å². The number of methoxy groups -OCH3 is 2. The van der Waals surface area contributed by atoms with Crippen LogP contribution < -0.4 is 0 Å². The van der Waals surface area contributed by atoms with Crippen LogP contribution in [0.15, 0.2) is 0 Å². The van der Waals surface area contributed by atoms with E-state index in [4.69, 9.17) is 23.7 Å². The Bertz CT molecular complexity index is 330. The molecule has 110 valence electrons. The summed E-state index contributed by atoms with van der Waals surface area (Å²) in [5, 5.41) is 0. The van der Waals surface area contributed by atoms with Crippen LogP contribution in [0.25, 0.3) is 0 Å². The van der Waals surface area contributed by atoms with Crippen molar-refractivity contribution in [2.75, 3.05) is 14.2 Å². The van der Waals surface area contributed by atoms with Gasteiger partial charge in [0, 0.05) is 28.1 Å². The number of carbonyl (C=O) groups is 2. The SMILES string of the molecule is CO[C@@H]1O[C@@H](C)[C@H](OC(C)=O)[C@@H](OC)[C@H]1OC(C)=O. The normalized spacial score (nSPS) is 34.7. The number of rotatable bonds is 4. The molecule has 19 heavy (non-hydrogen) atoms. The number of hydrogen-bond acceptors (Lipinski definition) is 7. The van der Waals surface area contributed by atoms with Gasteiger partial charge in [-0.1, -0.05) is 0 Å². The van der Waals surface area contributed by atoms with Crippen molar-refractivity contribution >= 4 is 11.9 Å². The zero-order valence-corrected chi connectivity index (χ0v) is 11.7. The van der Waals surface area contributed by atoms with Gasteiger partial charge in [-0.15, -0.1) is 0 Å². The van der Waals surface area contributed by atoms with Crippen molar-refractivity contribution in [2.45, 2.75) is 51.5 Å². The van der Waals surface area contributed by atoms with Gasteiger partial charge in [-0.2, -0.15) is 0 Å². The second kappa shape index (κ2) is 6.83. The van der Waals surface area contributed by atoms with Crippen molar-refractivity contribution in [1.82, 2.24) is 0 Å². The van der Waals surface area contributed by atoms with Gasteiger partial charge < -0.3 is 23.7 Å². The fourth-order valence-corrected chi connectivity index (χ4v) is 2.10. The number of ether oxygens (including phenoxy) is 5. The maximum absolute atomic E-state index is 11.1. The third-order valence-corrected chi connectivity index (χ3v) is 2.84. The summed E-state index contributed by atoms with van der Waals surface area (Å²) in [6.07, 6.45) is -3.32. The highest BCUT2D eigenvalue weighted by Crippen LogP contribution is 2.28. The summed E-state index contributed by atoms with van der Waals surface area (Å²) >= 11 is 0. The van der Waals surface area contributed by atoms with Crippen molar-refractivity contribution in [2.24, 2.45) is 0 Å². The van der Waals surface area contributed by atoms with Crippen LogP contribution in [0.3, 0.4) is 0 Å². The molecule has 0 saturated carbocycles. The van der Waals surface area contributed by atoms with Gasteiger partial charge in [-0.3, -0.25) is 9.59 Å². The summed E-state index contributed by atoms with van der Waals surface area (Å²) in [7, 11) is 2.88. The number of hydrogen-bond donors (Lipinski definition) is 0. The molecule has 7 heteroatoms. The van der Waals surface area contributed by atoms with Crippen LogP contribution in [-0.4, -0.2) is 56.9 Å². The maximum atomic E-state index is 11.1. The van der Waals surface area contributed by atoms with Crippen LogP contribution in [-0.2, 0) is 33.3 Å². The molecule has 1 fully saturated rings. The monoisotopic (exact) mass is 276 g/mol. The van der Waals surface area contributed by atoms with Crippen molar-refractivity contribution < 1.29 is 33.3 Å². The average molecular weight is 276 g/mol. The van der Waals surface area contributed by atoms with Crippen LogP contribution >= 0.6 is 0 Å². The fraction of sp³-hybridized carbons (Fsp3) is 0.833. The van der Waals surface area contributed by atoms with E-state index in [9.17, 15) is 9.59 Å². The van der Waals surface area contributed by atoms with Crippen LogP contribution in [0.2, 0.25) is 0 Å². The highest BCUT2D eigenvalue weighted by molar-refractivity contribution is 5.67. The molecule has 0 N–H and O–H groups in total. The minimum atomic E-state index is -0.798. The van der Waals surface area contributed by atoms with Crippen LogP contribution in [0.1, 0.15) is 20.8 Å². The molecule has 0 unspecified atom stereocenters. The molecule has 0 aliphatic carbocycles. The Morgan fingerprint density at radius 3 is 1.84 bits per heavy atom.